The first-order valence-corrected chi connectivity index (χ1v) is 6.29. The first-order chi connectivity index (χ1) is 9.61. The van der Waals surface area contributed by atoms with E-state index in [1.54, 1.807) is 0 Å². The number of hydrogen-bond donors (Lipinski definition) is 4. The Morgan fingerprint density at radius 3 is 2.48 bits per heavy atom. The van der Waals surface area contributed by atoms with Crippen molar-refractivity contribution in [1.82, 2.24) is 16.0 Å². The second kappa shape index (κ2) is 6.33. The maximum atomic E-state index is 11.6. The molecule has 5 amide bonds. The zero-order valence-corrected chi connectivity index (χ0v) is 11.7. The molecule has 0 radical (unpaired) electrons. The number of aliphatic carboxylic acids is 1. The molecule has 1 aliphatic rings. The summed E-state index contributed by atoms with van der Waals surface area (Å²) >= 11 is 0. The highest BCUT2D eigenvalue weighted by atomic mass is 16.4. The van der Waals surface area contributed by atoms with Crippen LogP contribution in [-0.4, -0.2) is 40.9 Å². The van der Waals surface area contributed by atoms with Crippen LogP contribution < -0.4 is 16.0 Å². The van der Waals surface area contributed by atoms with Crippen molar-refractivity contribution in [2.75, 3.05) is 0 Å². The lowest BCUT2D eigenvalue weighted by atomic mass is 9.89. The van der Waals surface area contributed by atoms with Crippen LogP contribution in [0.25, 0.3) is 0 Å². The largest absolute Gasteiger partial charge is 0.481 e. The fourth-order valence-electron chi connectivity index (χ4n) is 1.67. The van der Waals surface area contributed by atoms with E-state index in [0.717, 1.165) is 0 Å². The number of piperidine rings is 1. The molecular formula is C12H17N3O6. The van der Waals surface area contributed by atoms with Crippen molar-refractivity contribution in [2.45, 2.75) is 39.2 Å². The highest BCUT2D eigenvalue weighted by molar-refractivity contribution is 6.03. The molecule has 4 N–H and O–H groups in total. The number of nitrogens with one attached hydrogen (secondary N) is 3. The molecule has 0 aromatic rings. The van der Waals surface area contributed by atoms with Gasteiger partial charge >= 0.3 is 12.0 Å². The van der Waals surface area contributed by atoms with E-state index in [1.807, 2.05) is 5.32 Å². The van der Waals surface area contributed by atoms with E-state index in [2.05, 4.69) is 10.6 Å². The van der Waals surface area contributed by atoms with Gasteiger partial charge in [-0.3, -0.25) is 29.8 Å². The molecule has 1 fully saturated rings. The molecule has 9 nitrogen and oxygen atoms in total. The summed E-state index contributed by atoms with van der Waals surface area (Å²) in [5.41, 5.74) is -1.31. The van der Waals surface area contributed by atoms with E-state index in [4.69, 9.17) is 5.11 Å². The molecular weight excluding hydrogens is 282 g/mol. The molecule has 0 bridgehead atoms. The zero-order chi connectivity index (χ0) is 16.2. The number of hydrogen-bond acceptors (Lipinski definition) is 5. The van der Waals surface area contributed by atoms with E-state index < -0.39 is 41.2 Å². The molecule has 1 saturated heterocycles. The van der Waals surface area contributed by atoms with Crippen molar-refractivity contribution in [3.8, 4) is 0 Å². The number of carboxylic acid groups (broad SMARTS) is 1. The van der Waals surface area contributed by atoms with Crippen molar-refractivity contribution in [2.24, 2.45) is 5.41 Å². The lowest BCUT2D eigenvalue weighted by molar-refractivity contribution is -0.149. The Labute approximate surface area is 120 Å². The molecule has 0 saturated carbocycles. The third kappa shape index (κ3) is 4.86. The van der Waals surface area contributed by atoms with E-state index in [0.29, 0.717) is 0 Å². The summed E-state index contributed by atoms with van der Waals surface area (Å²) in [5, 5.41) is 15.1. The highest BCUT2D eigenvalue weighted by Crippen LogP contribution is 2.19. The van der Waals surface area contributed by atoms with Crippen LogP contribution in [0.3, 0.4) is 0 Å². The summed E-state index contributed by atoms with van der Waals surface area (Å²) in [6.45, 7) is 2.71. The average Bonchev–Trinajstić information content (AvgIpc) is 2.31. The summed E-state index contributed by atoms with van der Waals surface area (Å²) in [6.07, 6.45) is -0.144. The summed E-state index contributed by atoms with van der Waals surface area (Å²) in [5.74, 6) is -2.99. The summed E-state index contributed by atoms with van der Waals surface area (Å²) in [7, 11) is 0. The quantitative estimate of drug-likeness (QED) is 0.496. The molecule has 9 heteroatoms. The standard InChI is InChI=1S/C12H17N3O6/c1-12(2,10(19)20)5-8(17)15-11(21)13-6-3-4-7(16)14-9(6)18/h6H,3-5H2,1-2H3,(H,19,20)(H,14,16,18)(H2,13,15,17,21). The zero-order valence-electron chi connectivity index (χ0n) is 11.7. The first kappa shape index (κ1) is 16.6. The Kier molecular flexibility index (Phi) is 5.01. The minimum absolute atomic E-state index is 0.0939. The van der Waals surface area contributed by atoms with Crippen molar-refractivity contribution < 1.29 is 29.1 Å². The van der Waals surface area contributed by atoms with Gasteiger partial charge in [0, 0.05) is 12.8 Å². The lowest BCUT2D eigenvalue weighted by Gasteiger charge is -2.22. The summed E-state index contributed by atoms with van der Waals surface area (Å²) in [6, 6.07) is -1.81. The van der Waals surface area contributed by atoms with Crippen LogP contribution in [0, 0.1) is 5.41 Å². The SMILES string of the molecule is CC(C)(CC(=O)NC(=O)NC1CCC(=O)NC1=O)C(=O)O. The molecule has 0 aliphatic carbocycles. The topological polar surface area (TPSA) is 142 Å². The van der Waals surface area contributed by atoms with Gasteiger partial charge in [-0.1, -0.05) is 0 Å². The Hall–Kier alpha value is -2.45. The number of carbonyl (C=O) groups is 5. The molecule has 1 unspecified atom stereocenters. The van der Waals surface area contributed by atoms with E-state index in [9.17, 15) is 24.0 Å². The van der Waals surface area contributed by atoms with Crippen molar-refractivity contribution >= 4 is 29.7 Å². The predicted octanol–water partition coefficient (Wildman–Crippen LogP) is -0.882. The Morgan fingerprint density at radius 2 is 1.95 bits per heavy atom. The highest BCUT2D eigenvalue weighted by Gasteiger charge is 2.32. The second-order valence-electron chi connectivity index (χ2n) is 5.39. The molecule has 21 heavy (non-hydrogen) atoms. The number of amides is 5. The van der Waals surface area contributed by atoms with E-state index in [-0.39, 0.29) is 19.3 Å². The molecule has 1 atom stereocenters. The van der Waals surface area contributed by atoms with Gasteiger partial charge in [-0.05, 0) is 20.3 Å². The average molecular weight is 299 g/mol. The smallest absolute Gasteiger partial charge is 0.322 e. The van der Waals surface area contributed by atoms with Gasteiger partial charge in [0.25, 0.3) is 0 Å². The molecule has 1 aliphatic heterocycles. The van der Waals surface area contributed by atoms with Crippen LogP contribution in [0.1, 0.15) is 33.1 Å². The lowest BCUT2D eigenvalue weighted by Crippen LogP contribution is -2.55. The molecule has 1 heterocycles. The van der Waals surface area contributed by atoms with E-state index in [1.165, 1.54) is 13.8 Å². The fraction of sp³-hybridized carbons (Fsp3) is 0.583. The van der Waals surface area contributed by atoms with Crippen LogP contribution in [0.15, 0.2) is 0 Å². The van der Waals surface area contributed by atoms with Crippen LogP contribution >= 0.6 is 0 Å². The second-order valence-corrected chi connectivity index (χ2v) is 5.39. The summed E-state index contributed by atoms with van der Waals surface area (Å²) in [4.78, 5) is 56.3. The molecule has 116 valence electrons. The third-order valence-corrected chi connectivity index (χ3v) is 2.98. The molecule has 1 rings (SSSR count). The number of carboxylic acids is 1. The van der Waals surface area contributed by atoms with Gasteiger partial charge in [0.15, 0.2) is 0 Å². The number of carbonyl (C=O) groups excluding carboxylic acids is 4. The van der Waals surface area contributed by atoms with Crippen LogP contribution in [0.5, 0.6) is 0 Å². The van der Waals surface area contributed by atoms with Gasteiger partial charge in [-0.2, -0.15) is 0 Å². The Balaban J connectivity index is 2.47. The molecule has 0 aromatic heterocycles. The maximum absolute atomic E-state index is 11.6. The molecule has 0 aromatic carbocycles. The Bertz CT molecular complexity index is 499. The van der Waals surface area contributed by atoms with Gasteiger partial charge in [0.2, 0.25) is 17.7 Å². The van der Waals surface area contributed by atoms with Crippen LogP contribution in [0.2, 0.25) is 0 Å². The minimum atomic E-state index is -1.31. The van der Waals surface area contributed by atoms with Crippen LogP contribution in [-0.2, 0) is 19.2 Å². The van der Waals surface area contributed by atoms with Crippen molar-refractivity contribution in [1.29, 1.82) is 0 Å². The van der Waals surface area contributed by atoms with Gasteiger partial charge in [-0.15, -0.1) is 0 Å². The normalized spacial score (nSPS) is 18.7. The van der Waals surface area contributed by atoms with Crippen molar-refractivity contribution in [3.05, 3.63) is 0 Å². The Morgan fingerprint density at radius 1 is 1.33 bits per heavy atom. The fourth-order valence-corrected chi connectivity index (χ4v) is 1.67. The van der Waals surface area contributed by atoms with Gasteiger partial charge in [0.1, 0.15) is 6.04 Å². The first-order valence-electron chi connectivity index (χ1n) is 6.29. The molecule has 0 spiro atoms. The number of urea groups is 1. The van der Waals surface area contributed by atoms with Crippen LogP contribution in [0.4, 0.5) is 4.79 Å². The van der Waals surface area contributed by atoms with Gasteiger partial charge < -0.3 is 10.4 Å². The van der Waals surface area contributed by atoms with Gasteiger partial charge in [0.05, 0.1) is 5.41 Å². The van der Waals surface area contributed by atoms with Crippen molar-refractivity contribution in [3.63, 3.8) is 0 Å². The van der Waals surface area contributed by atoms with Gasteiger partial charge in [-0.25, -0.2) is 4.79 Å². The van der Waals surface area contributed by atoms with E-state index >= 15 is 0 Å². The number of rotatable bonds is 4. The maximum Gasteiger partial charge on any atom is 0.322 e. The third-order valence-electron chi connectivity index (χ3n) is 2.98. The minimum Gasteiger partial charge on any atom is -0.481 e. The predicted molar refractivity (Wildman–Crippen MR) is 68.9 cm³/mol. The summed E-state index contributed by atoms with van der Waals surface area (Å²) < 4.78 is 0. The number of imide groups is 2. The monoisotopic (exact) mass is 299 g/mol.